The van der Waals surface area contributed by atoms with E-state index in [9.17, 15) is 4.79 Å². The van der Waals surface area contributed by atoms with Crippen LogP contribution in [0.4, 0.5) is 0 Å². The molecule has 9 heteroatoms. The summed E-state index contributed by atoms with van der Waals surface area (Å²) >= 11 is 6.21. The molecule has 0 saturated carbocycles. The van der Waals surface area contributed by atoms with Crippen molar-refractivity contribution in [2.24, 2.45) is 11.5 Å². The number of ether oxygens (including phenoxy) is 1. The molecule has 0 atom stereocenters. The molecule has 0 aliphatic rings. The maximum absolute atomic E-state index is 12.3. The van der Waals surface area contributed by atoms with Crippen LogP contribution in [0.1, 0.15) is 16.2 Å². The van der Waals surface area contributed by atoms with Crippen molar-refractivity contribution < 1.29 is 13.9 Å². The molecule has 2 heterocycles. The molecule has 0 bridgehead atoms. The third kappa shape index (κ3) is 3.17. The molecule has 130 valence electrons. The van der Waals surface area contributed by atoms with E-state index in [1.54, 1.807) is 30.3 Å². The predicted octanol–water partition coefficient (Wildman–Crippen LogP) is 2.63. The van der Waals surface area contributed by atoms with Crippen LogP contribution in [0.25, 0.3) is 10.9 Å². The lowest BCUT2D eigenvalue weighted by molar-refractivity contribution is 0.0864. The van der Waals surface area contributed by atoms with Crippen LogP contribution in [-0.4, -0.2) is 28.8 Å². The summed E-state index contributed by atoms with van der Waals surface area (Å²) in [5, 5.41) is 8.42. The number of nitrogens with zero attached hydrogens (tertiary/aromatic N) is 1. The number of rotatable bonds is 4. The van der Waals surface area contributed by atoms with Crippen LogP contribution < -0.4 is 16.2 Å². The lowest BCUT2D eigenvalue weighted by atomic mass is 10.2. The predicted molar refractivity (Wildman–Crippen MR) is 94.0 cm³/mol. The van der Waals surface area contributed by atoms with Crippen LogP contribution >= 0.6 is 11.6 Å². The molecule has 0 saturated heterocycles. The molecule has 3 rings (SSSR count). The molecule has 0 radical (unpaired) electrons. The fraction of sp³-hybridized carbons (Fsp3) is 0.125. The Kier molecular flexibility index (Phi) is 4.39. The minimum atomic E-state index is -0.464. The van der Waals surface area contributed by atoms with Gasteiger partial charge in [0.15, 0.2) is 11.7 Å². The molecular formula is C16H16ClN5O3. The van der Waals surface area contributed by atoms with Crippen molar-refractivity contribution in [1.82, 2.24) is 9.88 Å². The van der Waals surface area contributed by atoms with Gasteiger partial charge >= 0.3 is 0 Å². The number of nitrogens with one attached hydrogen (secondary N) is 2. The molecule has 1 amide bonds. The Morgan fingerprint density at radius 1 is 1.40 bits per heavy atom. The maximum Gasteiger partial charge on any atom is 0.290 e. The Hall–Kier alpha value is -2.97. The standard InChI is InChI=1S/C16H16ClN5O3/c1-22(16(19)20)15(23)11-6-9-10(17)3-4-12(14(9)21-11)25-13-5-2-8(7-18)24-13/h2-6,21H,7,18H2,1H3,(H3,19,20). The molecular weight excluding hydrogens is 346 g/mol. The molecule has 0 unspecified atom stereocenters. The summed E-state index contributed by atoms with van der Waals surface area (Å²) < 4.78 is 11.2. The smallest absolute Gasteiger partial charge is 0.290 e. The highest BCUT2D eigenvalue weighted by molar-refractivity contribution is 6.35. The summed E-state index contributed by atoms with van der Waals surface area (Å²) in [6, 6.07) is 8.27. The number of hydrogen-bond donors (Lipinski definition) is 4. The molecule has 0 spiro atoms. The van der Waals surface area contributed by atoms with Gasteiger partial charge in [0.1, 0.15) is 11.5 Å². The first kappa shape index (κ1) is 16.9. The highest BCUT2D eigenvalue weighted by Crippen LogP contribution is 2.35. The Labute approximate surface area is 147 Å². The average Bonchev–Trinajstić information content (AvgIpc) is 3.23. The minimum absolute atomic E-state index is 0.229. The maximum atomic E-state index is 12.3. The van der Waals surface area contributed by atoms with Gasteiger partial charge in [0.25, 0.3) is 11.9 Å². The topological polar surface area (TPSA) is 134 Å². The summed E-state index contributed by atoms with van der Waals surface area (Å²) in [7, 11) is 1.41. The number of amides is 1. The zero-order valence-corrected chi connectivity index (χ0v) is 14.1. The highest BCUT2D eigenvalue weighted by atomic mass is 35.5. The third-order valence-electron chi connectivity index (χ3n) is 3.65. The van der Waals surface area contributed by atoms with E-state index in [1.807, 2.05) is 0 Å². The van der Waals surface area contributed by atoms with E-state index in [2.05, 4.69) is 4.98 Å². The Bertz CT molecular complexity index is 962. The number of nitrogens with two attached hydrogens (primary N) is 2. The van der Waals surface area contributed by atoms with E-state index in [0.29, 0.717) is 27.4 Å². The van der Waals surface area contributed by atoms with Gasteiger partial charge in [-0.15, -0.1) is 0 Å². The van der Waals surface area contributed by atoms with Crippen molar-refractivity contribution in [2.75, 3.05) is 7.05 Å². The van der Waals surface area contributed by atoms with Gasteiger partial charge in [-0.25, -0.2) is 0 Å². The Balaban J connectivity index is 2.01. The molecule has 3 aromatic rings. The van der Waals surface area contributed by atoms with Crippen LogP contribution in [0.15, 0.2) is 34.7 Å². The number of carbonyl (C=O) groups excluding carboxylic acids is 1. The molecule has 6 N–H and O–H groups in total. The van der Waals surface area contributed by atoms with Gasteiger partial charge in [0.2, 0.25) is 0 Å². The number of hydrogen-bond acceptors (Lipinski definition) is 5. The van der Waals surface area contributed by atoms with E-state index in [0.717, 1.165) is 4.90 Å². The number of carbonyl (C=O) groups is 1. The molecule has 1 aromatic carbocycles. The first-order chi connectivity index (χ1) is 11.9. The lowest BCUT2D eigenvalue weighted by Crippen LogP contribution is -2.38. The van der Waals surface area contributed by atoms with Crippen molar-refractivity contribution in [3.63, 3.8) is 0 Å². The summed E-state index contributed by atoms with van der Waals surface area (Å²) in [6.07, 6.45) is 0. The number of fused-ring (bicyclic) bond motifs is 1. The van der Waals surface area contributed by atoms with Crippen LogP contribution in [0.2, 0.25) is 5.02 Å². The number of benzene rings is 1. The van der Waals surface area contributed by atoms with E-state index in [1.165, 1.54) is 7.05 Å². The number of halogens is 1. The second-order valence-corrected chi connectivity index (χ2v) is 5.70. The number of aromatic amines is 1. The first-order valence-electron chi connectivity index (χ1n) is 7.30. The second-order valence-electron chi connectivity index (χ2n) is 5.29. The van der Waals surface area contributed by atoms with Gasteiger partial charge in [-0.3, -0.25) is 15.1 Å². The largest absolute Gasteiger partial charge is 0.429 e. The summed E-state index contributed by atoms with van der Waals surface area (Å²) in [4.78, 5) is 16.3. The van der Waals surface area contributed by atoms with E-state index < -0.39 is 5.91 Å². The van der Waals surface area contributed by atoms with Crippen molar-refractivity contribution in [1.29, 1.82) is 5.41 Å². The Morgan fingerprint density at radius 3 is 2.80 bits per heavy atom. The molecule has 25 heavy (non-hydrogen) atoms. The SMILES string of the molecule is CN(C(=N)N)C(=O)c1cc2c(Cl)ccc(Oc3ccc(CN)o3)c2[nH]1. The molecule has 8 nitrogen and oxygen atoms in total. The van der Waals surface area contributed by atoms with Crippen molar-refractivity contribution >= 4 is 34.4 Å². The third-order valence-corrected chi connectivity index (χ3v) is 3.98. The van der Waals surface area contributed by atoms with Crippen LogP contribution in [-0.2, 0) is 6.54 Å². The fourth-order valence-corrected chi connectivity index (χ4v) is 2.49. The van der Waals surface area contributed by atoms with E-state index in [-0.39, 0.29) is 24.1 Å². The summed E-state index contributed by atoms with van der Waals surface area (Å²) in [6.45, 7) is 0.262. The second kappa shape index (κ2) is 6.50. The van der Waals surface area contributed by atoms with Crippen molar-refractivity contribution in [2.45, 2.75) is 6.54 Å². The van der Waals surface area contributed by atoms with Gasteiger partial charge in [-0.1, -0.05) is 11.6 Å². The zero-order chi connectivity index (χ0) is 18.1. The monoisotopic (exact) mass is 361 g/mol. The van der Waals surface area contributed by atoms with Gasteiger partial charge in [-0.2, -0.15) is 0 Å². The van der Waals surface area contributed by atoms with Gasteiger partial charge in [-0.05, 0) is 24.3 Å². The molecule has 0 fully saturated rings. The van der Waals surface area contributed by atoms with E-state index in [4.69, 9.17) is 37.6 Å². The average molecular weight is 362 g/mol. The summed E-state index contributed by atoms with van der Waals surface area (Å²) in [5.41, 5.74) is 11.6. The fourth-order valence-electron chi connectivity index (χ4n) is 2.28. The van der Waals surface area contributed by atoms with Crippen molar-refractivity contribution in [3.8, 4) is 11.7 Å². The van der Waals surface area contributed by atoms with Gasteiger partial charge in [0, 0.05) is 18.5 Å². The molecule has 0 aliphatic carbocycles. The highest BCUT2D eigenvalue weighted by Gasteiger charge is 2.19. The zero-order valence-electron chi connectivity index (χ0n) is 13.3. The molecule has 0 aliphatic heterocycles. The number of H-pyrrole nitrogens is 1. The number of furan rings is 1. The van der Waals surface area contributed by atoms with Gasteiger partial charge < -0.3 is 25.6 Å². The van der Waals surface area contributed by atoms with Crippen LogP contribution in [0.3, 0.4) is 0 Å². The Morgan fingerprint density at radius 2 is 2.16 bits per heavy atom. The lowest BCUT2D eigenvalue weighted by Gasteiger charge is -2.12. The first-order valence-corrected chi connectivity index (χ1v) is 7.68. The molecule has 2 aromatic heterocycles. The van der Waals surface area contributed by atoms with Gasteiger partial charge in [0.05, 0.1) is 17.1 Å². The quantitative estimate of drug-likeness (QED) is 0.418. The number of guanidine groups is 1. The van der Waals surface area contributed by atoms with Crippen LogP contribution in [0, 0.1) is 5.41 Å². The normalized spacial score (nSPS) is 10.8. The van der Waals surface area contributed by atoms with E-state index >= 15 is 0 Å². The van der Waals surface area contributed by atoms with Crippen molar-refractivity contribution in [3.05, 3.63) is 46.8 Å². The van der Waals surface area contributed by atoms with Crippen LogP contribution in [0.5, 0.6) is 11.7 Å². The number of aromatic nitrogens is 1. The minimum Gasteiger partial charge on any atom is -0.429 e. The summed E-state index contributed by atoms with van der Waals surface area (Å²) in [5.74, 6) is 0.463.